The minimum absolute atomic E-state index is 0.184. The van der Waals surface area contributed by atoms with Crippen molar-refractivity contribution in [3.8, 4) is 5.69 Å². The fraction of sp³-hybridized carbons (Fsp3) is 0.350. The summed E-state index contributed by atoms with van der Waals surface area (Å²) in [7, 11) is 1.67. The van der Waals surface area contributed by atoms with Crippen molar-refractivity contribution in [2.75, 3.05) is 7.05 Å². The molecule has 31 heavy (non-hydrogen) atoms. The molecule has 164 valence electrons. The first-order valence-corrected chi connectivity index (χ1v) is 9.90. The highest BCUT2D eigenvalue weighted by Gasteiger charge is 2.31. The van der Waals surface area contributed by atoms with Gasteiger partial charge in [-0.1, -0.05) is 18.5 Å². The van der Waals surface area contributed by atoms with Gasteiger partial charge in [-0.05, 0) is 31.0 Å². The number of halogens is 4. The van der Waals surface area contributed by atoms with Gasteiger partial charge in [0.05, 0.1) is 29.2 Å². The highest BCUT2D eigenvalue weighted by Crippen LogP contribution is 2.28. The molecule has 0 bridgehead atoms. The highest BCUT2D eigenvalue weighted by molar-refractivity contribution is 6.31. The lowest BCUT2D eigenvalue weighted by Crippen LogP contribution is -2.37. The van der Waals surface area contributed by atoms with Crippen LogP contribution >= 0.6 is 11.6 Å². The van der Waals surface area contributed by atoms with E-state index < -0.39 is 11.7 Å². The van der Waals surface area contributed by atoms with Crippen LogP contribution in [-0.4, -0.2) is 48.9 Å². The van der Waals surface area contributed by atoms with Gasteiger partial charge in [0.2, 0.25) is 0 Å². The summed E-state index contributed by atoms with van der Waals surface area (Å²) in [5.74, 6) is 0.0199. The van der Waals surface area contributed by atoms with Crippen molar-refractivity contribution in [2.24, 2.45) is 0 Å². The molecule has 0 saturated carbocycles. The first-order chi connectivity index (χ1) is 14.7. The first-order valence-electron chi connectivity index (χ1n) is 9.52. The Kier molecular flexibility index (Phi) is 6.89. The number of nitrogens with zero attached hydrogens (tertiary/aromatic N) is 6. The molecule has 1 amide bonds. The maximum absolute atomic E-state index is 13.2. The molecule has 0 radical (unpaired) electrons. The van der Waals surface area contributed by atoms with Gasteiger partial charge in [-0.2, -0.15) is 28.2 Å². The zero-order valence-corrected chi connectivity index (χ0v) is 17.6. The Balaban J connectivity index is 1.74. The highest BCUT2D eigenvalue weighted by atomic mass is 35.5. The Hall–Kier alpha value is -3.01. The first kappa shape index (κ1) is 22.7. The quantitative estimate of drug-likeness (QED) is 0.536. The van der Waals surface area contributed by atoms with Gasteiger partial charge in [-0.25, -0.2) is 9.97 Å². The summed E-state index contributed by atoms with van der Waals surface area (Å²) in [6.45, 7) is 1.93. The third kappa shape index (κ3) is 5.38. The number of alkyl halides is 3. The van der Waals surface area contributed by atoms with Crippen molar-refractivity contribution >= 4 is 17.5 Å². The van der Waals surface area contributed by atoms with E-state index in [-0.39, 0.29) is 17.8 Å². The molecule has 0 N–H and O–H groups in total. The van der Waals surface area contributed by atoms with E-state index in [0.717, 1.165) is 12.4 Å². The molecule has 0 aliphatic carbocycles. The van der Waals surface area contributed by atoms with Gasteiger partial charge in [0.15, 0.2) is 0 Å². The summed E-state index contributed by atoms with van der Waals surface area (Å²) in [6, 6.07) is 4.69. The third-order valence-electron chi connectivity index (χ3n) is 4.90. The van der Waals surface area contributed by atoms with Crippen LogP contribution in [0.1, 0.15) is 41.5 Å². The third-order valence-corrected chi connectivity index (χ3v) is 5.13. The SMILES string of the molecule is CC[C@@H](CCc1ncc(C(F)(F)F)cn1)N(C)C(=O)c1cc(Cl)ccc1-n1nccn1. The van der Waals surface area contributed by atoms with Crippen LogP contribution in [0.4, 0.5) is 13.2 Å². The number of hydrogen-bond donors (Lipinski definition) is 0. The van der Waals surface area contributed by atoms with E-state index in [1.54, 1.807) is 30.1 Å². The number of carbonyl (C=O) groups excluding carboxylic acids is 1. The minimum atomic E-state index is -4.48. The smallest absolute Gasteiger partial charge is 0.339 e. The number of aromatic nitrogens is 5. The molecule has 2 heterocycles. The summed E-state index contributed by atoms with van der Waals surface area (Å²) in [5, 5.41) is 8.56. The summed E-state index contributed by atoms with van der Waals surface area (Å²) >= 11 is 6.11. The summed E-state index contributed by atoms with van der Waals surface area (Å²) in [5.41, 5.74) is -0.0566. The van der Waals surface area contributed by atoms with Crippen molar-refractivity contribution in [1.82, 2.24) is 29.9 Å². The number of hydrogen-bond acceptors (Lipinski definition) is 5. The Bertz CT molecular complexity index is 1020. The number of amides is 1. The Morgan fingerprint density at radius 1 is 1.19 bits per heavy atom. The Labute approximate surface area is 181 Å². The lowest BCUT2D eigenvalue weighted by atomic mass is 10.0. The topological polar surface area (TPSA) is 76.8 Å². The largest absolute Gasteiger partial charge is 0.419 e. The summed E-state index contributed by atoms with van der Waals surface area (Å²) < 4.78 is 38.0. The monoisotopic (exact) mass is 452 g/mol. The molecule has 2 aromatic heterocycles. The van der Waals surface area contributed by atoms with Gasteiger partial charge in [-0.3, -0.25) is 4.79 Å². The van der Waals surface area contributed by atoms with Crippen LogP contribution in [-0.2, 0) is 12.6 Å². The van der Waals surface area contributed by atoms with E-state index >= 15 is 0 Å². The van der Waals surface area contributed by atoms with Crippen LogP contribution in [0.15, 0.2) is 43.0 Å². The minimum Gasteiger partial charge on any atom is -0.339 e. The van der Waals surface area contributed by atoms with Crippen LogP contribution < -0.4 is 0 Å². The molecule has 0 saturated heterocycles. The van der Waals surface area contributed by atoms with E-state index in [9.17, 15) is 18.0 Å². The second-order valence-electron chi connectivity index (χ2n) is 6.88. The van der Waals surface area contributed by atoms with Gasteiger partial charge in [-0.15, -0.1) is 0 Å². The van der Waals surface area contributed by atoms with Crippen molar-refractivity contribution in [1.29, 1.82) is 0 Å². The molecule has 1 atom stereocenters. The van der Waals surface area contributed by atoms with Crippen molar-refractivity contribution in [3.05, 3.63) is 65.0 Å². The zero-order chi connectivity index (χ0) is 22.6. The van der Waals surface area contributed by atoms with E-state index in [0.29, 0.717) is 35.5 Å². The molecule has 3 rings (SSSR count). The van der Waals surface area contributed by atoms with E-state index in [1.807, 2.05) is 6.92 Å². The van der Waals surface area contributed by atoms with Crippen LogP contribution in [0.5, 0.6) is 0 Å². The van der Waals surface area contributed by atoms with Gasteiger partial charge in [0, 0.05) is 36.9 Å². The molecule has 1 aromatic carbocycles. The predicted molar refractivity (Wildman–Crippen MR) is 108 cm³/mol. The lowest BCUT2D eigenvalue weighted by molar-refractivity contribution is -0.138. The Morgan fingerprint density at radius 3 is 2.42 bits per heavy atom. The van der Waals surface area contributed by atoms with Gasteiger partial charge >= 0.3 is 6.18 Å². The molecular weight excluding hydrogens is 433 g/mol. The normalized spacial score (nSPS) is 12.6. The summed E-state index contributed by atoms with van der Waals surface area (Å²) in [4.78, 5) is 23.8. The fourth-order valence-electron chi connectivity index (χ4n) is 3.15. The van der Waals surface area contributed by atoms with E-state index in [1.165, 1.54) is 17.2 Å². The van der Waals surface area contributed by atoms with Gasteiger partial charge in [0.1, 0.15) is 5.82 Å². The van der Waals surface area contributed by atoms with Crippen molar-refractivity contribution in [2.45, 2.75) is 38.4 Å². The van der Waals surface area contributed by atoms with Crippen LogP contribution in [0, 0.1) is 0 Å². The molecule has 0 aliphatic heterocycles. The van der Waals surface area contributed by atoms with Crippen LogP contribution in [0.2, 0.25) is 5.02 Å². The van der Waals surface area contributed by atoms with Gasteiger partial charge in [0.25, 0.3) is 5.91 Å². The number of benzene rings is 1. The molecular formula is C20H20ClF3N6O. The van der Waals surface area contributed by atoms with Crippen LogP contribution in [0.3, 0.4) is 0 Å². The van der Waals surface area contributed by atoms with Crippen molar-refractivity contribution in [3.63, 3.8) is 0 Å². The van der Waals surface area contributed by atoms with E-state index in [2.05, 4.69) is 20.2 Å². The molecule has 0 spiro atoms. The molecule has 11 heteroatoms. The maximum atomic E-state index is 13.2. The zero-order valence-electron chi connectivity index (χ0n) is 16.8. The molecule has 0 fully saturated rings. The number of rotatable bonds is 7. The van der Waals surface area contributed by atoms with Gasteiger partial charge < -0.3 is 4.90 Å². The standard InChI is InChI=1S/C20H20ClF3N6O/c1-3-15(5-7-18-25-11-13(12-26-18)20(22,23)24)29(2)19(31)16-10-14(21)4-6-17(16)30-27-8-9-28-30/h4,6,8-12,15H,3,5,7H2,1-2H3/t15-/m0/s1. The average molecular weight is 453 g/mol. The second-order valence-corrected chi connectivity index (χ2v) is 7.32. The second kappa shape index (κ2) is 9.42. The maximum Gasteiger partial charge on any atom is 0.419 e. The van der Waals surface area contributed by atoms with Crippen LogP contribution in [0.25, 0.3) is 5.69 Å². The molecule has 3 aromatic rings. The molecule has 0 unspecified atom stereocenters. The average Bonchev–Trinajstić information content (AvgIpc) is 3.27. The number of aryl methyl sites for hydroxylation is 1. The Morgan fingerprint density at radius 2 is 1.84 bits per heavy atom. The lowest BCUT2D eigenvalue weighted by Gasteiger charge is -2.28. The predicted octanol–water partition coefficient (Wildman–Crippen LogP) is 4.21. The fourth-order valence-corrected chi connectivity index (χ4v) is 3.32. The summed E-state index contributed by atoms with van der Waals surface area (Å²) in [6.07, 6.45) is 1.53. The molecule has 7 nitrogen and oxygen atoms in total. The number of carbonyl (C=O) groups is 1. The van der Waals surface area contributed by atoms with Crippen molar-refractivity contribution < 1.29 is 18.0 Å². The van der Waals surface area contributed by atoms with E-state index in [4.69, 9.17) is 11.6 Å². The molecule has 0 aliphatic rings.